The van der Waals surface area contributed by atoms with Gasteiger partial charge in [-0.3, -0.25) is 4.79 Å². The van der Waals surface area contributed by atoms with Gasteiger partial charge in [0, 0.05) is 6.04 Å². The van der Waals surface area contributed by atoms with E-state index in [0.29, 0.717) is 17.6 Å². The molecule has 0 N–H and O–H groups in total. The summed E-state index contributed by atoms with van der Waals surface area (Å²) >= 11 is 5.82. The Morgan fingerprint density at radius 2 is 2.23 bits per heavy atom. The number of fused-ring (bicyclic) bond motifs is 5. The summed E-state index contributed by atoms with van der Waals surface area (Å²) in [6, 6.07) is 4.09. The number of guanidine groups is 1. The fraction of sp³-hybridized carbons (Fsp3) is 0.400. The minimum atomic E-state index is -0.545. The maximum atomic E-state index is 13.4. The van der Waals surface area contributed by atoms with E-state index in [-0.39, 0.29) is 23.0 Å². The van der Waals surface area contributed by atoms with Gasteiger partial charge in [-0.15, -0.1) is 4.99 Å². The number of nitrogens with zero attached hydrogens (tertiary/aromatic N) is 4. The molecule has 112 valence electrons. The monoisotopic (exact) mass is 318 g/mol. The summed E-state index contributed by atoms with van der Waals surface area (Å²) in [4.78, 5) is 20.0. The van der Waals surface area contributed by atoms with Crippen molar-refractivity contribution in [3.63, 3.8) is 0 Å². The largest absolute Gasteiger partial charge is 0.326 e. The molecule has 0 spiro atoms. The molecule has 2 heterocycles. The number of rotatable bonds is 1. The number of hydrogen-bond acceptors (Lipinski definition) is 3. The molecule has 2 unspecified atom stereocenters. The third-order valence-corrected chi connectivity index (χ3v) is 5.09. The van der Waals surface area contributed by atoms with Gasteiger partial charge < -0.3 is 4.90 Å². The van der Waals surface area contributed by atoms with Crippen LogP contribution in [0.2, 0.25) is 5.02 Å². The fourth-order valence-electron chi connectivity index (χ4n) is 3.96. The van der Waals surface area contributed by atoms with Crippen LogP contribution in [-0.4, -0.2) is 28.9 Å². The van der Waals surface area contributed by atoms with Crippen LogP contribution in [-0.2, 0) is 4.79 Å². The van der Waals surface area contributed by atoms with Crippen molar-refractivity contribution < 1.29 is 9.18 Å². The molecular weight excluding hydrogens is 307 g/mol. The van der Waals surface area contributed by atoms with E-state index in [1.54, 1.807) is 6.19 Å². The molecule has 2 aliphatic heterocycles. The third-order valence-electron chi connectivity index (χ3n) is 4.80. The highest BCUT2D eigenvalue weighted by molar-refractivity contribution is 6.31. The van der Waals surface area contributed by atoms with Crippen molar-refractivity contribution in [2.45, 2.75) is 31.3 Å². The summed E-state index contributed by atoms with van der Waals surface area (Å²) in [5, 5.41) is 8.92. The van der Waals surface area contributed by atoms with E-state index in [4.69, 9.17) is 16.9 Å². The molecule has 3 fully saturated rings. The number of amides is 1. The number of aliphatic imine (C=N–C) groups is 1. The first-order valence-electron chi connectivity index (χ1n) is 7.16. The van der Waals surface area contributed by atoms with Crippen molar-refractivity contribution in [3.05, 3.63) is 29.0 Å². The Bertz CT molecular complexity index is 744. The summed E-state index contributed by atoms with van der Waals surface area (Å²) in [5.74, 6) is -0.00466. The molecule has 4 rings (SSSR count). The van der Waals surface area contributed by atoms with E-state index in [0.717, 1.165) is 19.3 Å². The first kappa shape index (κ1) is 13.5. The highest BCUT2D eigenvalue weighted by atomic mass is 35.5. The van der Waals surface area contributed by atoms with Gasteiger partial charge in [0.25, 0.3) is 5.91 Å². The second-order valence-electron chi connectivity index (χ2n) is 5.86. The summed E-state index contributed by atoms with van der Waals surface area (Å²) in [7, 11) is 0. The first-order chi connectivity index (χ1) is 10.6. The van der Waals surface area contributed by atoms with E-state index in [2.05, 4.69) is 4.99 Å². The lowest BCUT2D eigenvalue weighted by Gasteiger charge is -2.28. The summed E-state index contributed by atoms with van der Waals surface area (Å²) in [6.45, 7) is 0. The number of carbonyl (C=O) groups is 1. The molecule has 1 aliphatic carbocycles. The Morgan fingerprint density at radius 1 is 1.41 bits per heavy atom. The molecule has 2 saturated heterocycles. The van der Waals surface area contributed by atoms with Gasteiger partial charge in [0.05, 0.1) is 10.7 Å². The van der Waals surface area contributed by atoms with Gasteiger partial charge in [-0.05, 0) is 43.4 Å². The highest BCUT2D eigenvalue weighted by Gasteiger charge is 2.58. The molecule has 1 saturated carbocycles. The van der Waals surface area contributed by atoms with Crippen LogP contribution in [0.4, 0.5) is 10.1 Å². The van der Waals surface area contributed by atoms with Crippen LogP contribution >= 0.6 is 11.6 Å². The molecule has 22 heavy (non-hydrogen) atoms. The lowest BCUT2D eigenvalue weighted by atomic mass is 9.99. The molecule has 7 heteroatoms. The lowest BCUT2D eigenvalue weighted by Crippen LogP contribution is -2.41. The van der Waals surface area contributed by atoms with E-state index in [1.807, 2.05) is 4.90 Å². The van der Waals surface area contributed by atoms with E-state index in [9.17, 15) is 9.18 Å². The quantitative estimate of drug-likeness (QED) is 0.748. The van der Waals surface area contributed by atoms with Crippen LogP contribution in [0, 0.1) is 23.2 Å². The minimum Gasteiger partial charge on any atom is -0.326 e. The summed E-state index contributed by atoms with van der Waals surface area (Å²) in [5.41, 5.74) is 0.444. The SMILES string of the molecule is N#C/N=C1\N(c2ccc(F)c(Cl)c2)C(=O)[C@@H]2C3CCC(C3)N12. The van der Waals surface area contributed by atoms with Gasteiger partial charge in [0.15, 0.2) is 0 Å². The molecule has 1 aromatic rings. The Morgan fingerprint density at radius 3 is 2.95 bits per heavy atom. The van der Waals surface area contributed by atoms with Crippen LogP contribution in [0.1, 0.15) is 19.3 Å². The maximum Gasteiger partial charge on any atom is 0.257 e. The Kier molecular flexibility index (Phi) is 2.88. The first-order valence-corrected chi connectivity index (χ1v) is 7.53. The van der Waals surface area contributed by atoms with Crippen LogP contribution < -0.4 is 4.90 Å². The van der Waals surface area contributed by atoms with Crippen LogP contribution in [0.5, 0.6) is 0 Å². The maximum absolute atomic E-state index is 13.4. The molecule has 3 aliphatic rings. The number of benzene rings is 1. The standard InChI is InChI=1S/C15H12ClFN4O/c16-11-6-10(3-4-12(11)17)21-14(22)13-8-1-2-9(5-8)20(13)15(21)19-7-18/h3-4,6,8-9,13H,1-2,5H2/b19-15-/t8?,9?,13-/m0/s1. The van der Waals surface area contributed by atoms with Gasteiger partial charge in [0.1, 0.15) is 11.9 Å². The second kappa shape index (κ2) is 4.68. The second-order valence-corrected chi connectivity index (χ2v) is 6.27. The zero-order chi connectivity index (χ0) is 15.4. The van der Waals surface area contributed by atoms with Gasteiger partial charge in [0.2, 0.25) is 12.2 Å². The molecule has 5 nitrogen and oxygen atoms in total. The zero-order valence-electron chi connectivity index (χ0n) is 11.5. The Hall–Kier alpha value is -2.13. The van der Waals surface area contributed by atoms with Crippen molar-refractivity contribution in [2.24, 2.45) is 10.9 Å². The van der Waals surface area contributed by atoms with Crippen LogP contribution in [0.3, 0.4) is 0 Å². The molecule has 1 amide bonds. The molecule has 0 aromatic heterocycles. The van der Waals surface area contributed by atoms with Crippen molar-refractivity contribution in [1.29, 1.82) is 5.26 Å². The topological polar surface area (TPSA) is 59.7 Å². The molecule has 2 bridgehead atoms. The van der Waals surface area contributed by atoms with Gasteiger partial charge in [-0.2, -0.15) is 5.26 Å². The van der Waals surface area contributed by atoms with Crippen molar-refractivity contribution in [3.8, 4) is 6.19 Å². The number of anilines is 1. The average molecular weight is 319 g/mol. The summed E-state index contributed by atoms with van der Waals surface area (Å²) in [6.07, 6.45) is 4.78. The number of carbonyl (C=O) groups excluding carboxylic acids is 1. The highest BCUT2D eigenvalue weighted by Crippen LogP contribution is 2.47. The van der Waals surface area contributed by atoms with Crippen molar-refractivity contribution in [1.82, 2.24) is 4.90 Å². The fourth-order valence-corrected chi connectivity index (χ4v) is 4.13. The molecular formula is C15H12ClFN4O. The van der Waals surface area contributed by atoms with Crippen LogP contribution in [0.25, 0.3) is 0 Å². The average Bonchev–Trinajstić information content (AvgIpc) is 3.16. The normalized spacial score (nSPS) is 31.0. The van der Waals surface area contributed by atoms with Gasteiger partial charge >= 0.3 is 0 Å². The third kappa shape index (κ3) is 1.69. The lowest BCUT2D eigenvalue weighted by molar-refractivity contribution is -0.120. The smallest absolute Gasteiger partial charge is 0.257 e. The van der Waals surface area contributed by atoms with Crippen LogP contribution in [0.15, 0.2) is 23.2 Å². The number of piperidine rings is 1. The van der Waals surface area contributed by atoms with Crippen molar-refractivity contribution >= 4 is 29.2 Å². The summed E-state index contributed by atoms with van der Waals surface area (Å²) < 4.78 is 13.4. The number of nitriles is 1. The predicted molar refractivity (Wildman–Crippen MR) is 78.7 cm³/mol. The van der Waals surface area contributed by atoms with E-state index < -0.39 is 5.82 Å². The molecule has 1 aromatic carbocycles. The van der Waals surface area contributed by atoms with Crippen molar-refractivity contribution in [2.75, 3.05) is 4.90 Å². The Balaban J connectivity index is 1.81. The molecule has 3 atom stereocenters. The van der Waals surface area contributed by atoms with Gasteiger partial charge in [-0.1, -0.05) is 11.6 Å². The predicted octanol–water partition coefficient (Wildman–Crippen LogP) is 2.52. The molecule has 0 radical (unpaired) electrons. The van der Waals surface area contributed by atoms with Gasteiger partial charge in [-0.25, -0.2) is 9.29 Å². The number of hydrogen-bond donors (Lipinski definition) is 0. The number of halogens is 2. The minimum absolute atomic E-state index is 0.0587. The zero-order valence-corrected chi connectivity index (χ0v) is 12.3. The van der Waals surface area contributed by atoms with E-state index >= 15 is 0 Å². The van der Waals surface area contributed by atoms with E-state index in [1.165, 1.54) is 23.1 Å². The Labute approximate surface area is 131 Å².